The van der Waals surface area contributed by atoms with Crippen molar-refractivity contribution in [3.63, 3.8) is 0 Å². The number of carbonyl (C=O) groups excluding carboxylic acids is 1. The molecular weight excluding hydrogens is 425 g/mol. The highest BCUT2D eigenvalue weighted by atomic mass is 19.4. The Labute approximate surface area is 172 Å². The Hall–Kier alpha value is -3.25. The van der Waals surface area contributed by atoms with Gasteiger partial charge in [0.25, 0.3) is 5.91 Å². The number of nitrogens with zero attached hydrogens (tertiary/aromatic N) is 5. The number of fused-ring (bicyclic) bond motifs is 1. The van der Waals surface area contributed by atoms with Crippen LogP contribution in [0.15, 0.2) is 24.7 Å². The maximum Gasteiger partial charge on any atom is 0.437 e. The third kappa shape index (κ3) is 4.44. The fourth-order valence-electron chi connectivity index (χ4n) is 3.59. The molecule has 2 N–H and O–H groups in total. The zero-order valence-corrected chi connectivity index (χ0v) is 16.2. The maximum atomic E-state index is 13.6. The van der Waals surface area contributed by atoms with E-state index in [-0.39, 0.29) is 29.9 Å². The Morgan fingerprint density at radius 3 is 2.81 bits per heavy atom. The first-order valence-corrected chi connectivity index (χ1v) is 9.43. The summed E-state index contributed by atoms with van der Waals surface area (Å²) in [6.45, 7) is 0. The van der Waals surface area contributed by atoms with Crippen LogP contribution in [0, 0.1) is 0 Å². The van der Waals surface area contributed by atoms with E-state index in [4.69, 9.17) is 0 Å². The van der Waals surface area contributed by atoms with Crippen molar-refractivity contribution < 1.29 is 26.7 Å². The van der Waals surface area contributed by atoms with Gasteiger partial charge in [-0.2, -0.15) is 23.4 Å². The van der Waals surface area contributed by atoms with Crippen LogP contribution >= 0.6 is 0 Å². The minimum Gasteiger partial charge on any atom is -0.367 e. The van der Waals surface area contributed by atoms with Gasteiger partial charge in [0, 0.05) is 38.3 Å². The summed E-state index contributed by atoms with van der Waals surface area (Å²) in [5.74, 6) is -3.34. The fourth-order valence-corrected chi connectivity index (χ4v) is 3.59. The van der Waals surface area contributed by atoms with Gasteiger partial charge in [-0.1, -0.05) is 0 Å². The molecule has 1 saturated carbocycles. The predicted octanol–water partition coefficient (Wildman–Crippen LogP) is 3.72. The smallest absolute Gasteiger partial charge is 0.367 e. The lowest BCUT2D eigenvalue weighted by molar-refractivity contribution is -0.140. The van der Waals surface area contributed by atoms with Gasteiger partial charge in [0.2, 0.25) is 5.92 Å². The quantitative estimate of drug-likeness (QED) is 0.600. The Bertz CT molecular complexity index is 1120. The lowest BCUT2D eigenvalue weighted by Gasteiger charge is -2.29. The van der Waals surface area contributed by atoms with Crippen molar-refractivity contribution >= 4 is 23.1 Å². The lowest BCUT2D eigenvalue weighted by atomic mass is 9.92. The molecular formula is C18H18F5N7O. The van der Waals surface area contributed by atoms with Crippen molar-refractivity contribution in [2.24, 2.45) is 7.05 Å². The molecule has 166 valence electrons. The minimum atomic E-state index is -4.75. The van der Waals surface area contributed by atoms with Crippen molar-refractivity contribution in [2.75, 3.05) is 10.6 Å². The summed E-state index contributed by atoms with van der Waals surface area (Å²) in [6.07, 6.45) is -0.616. The van der Waals surface area contributed by atoms with Crippen LogP contribution in [0.5, 0.6) is 0 Å². The Kier molecular flexibility index (Phi) is 5.06. The first-order valence-electron chi connectivity index (χ1n) is 9.43. The van der Waals surface area contributed by atoms with E-state index in [1.54, 1.807) is 0 Å². The van der Waals surface area contributed by atoms with E-state index in [1.165, 1.54) is 30.0 Å². The van der Waals surface area contributed by atoms with Gasteiger partial charge in [-0.3, -0.25) is 9.48 Å². The monoisotopic (exact) mass is 443 g/mol. The zero-order valence-electron chi connectivity index (χ0n) is 16.2. The number of hydrogen-bond acceptors (Lipinski definition) is 5. The summed E-state index contributed by atoms with van der Waals surface area (Å²) in [5, 5.41) is 12.4. The Balaban J connectivity index is 1.57. The molecule has 1 atom stereocenters. The summed E-state index contributed by atoms with van der Waals surface area (Å²) < 4.78 is 68.8. The van der Waals surface area contributed by atoms with Crippen LogP contribution in [0.4, 0.5) is 33.5 Å². The van der Waals surface area contributed by atoms with Crippen LogP contribution in [-0.4, -0.2) is 42.3 Å². The number of hydrogen-bond donors (Lipinski definition) is 2. The van der Waals surface area contributed by atoms with E-state index in [1.807, 2.05) is 0 Å². The molecule has 0 aromatic carbocycles. The number of anilines is 2. The molecule has 3 aromatic heterocycles. The second kappa shape index (κ2) is 7.46. The lowest BCUT2D eigenvalue weighted by Crippen LogP contribution is -2.34. The topological polar surface area (TPSA) is 89.1 Å². The molecule has 4 rings (SSSR count). The van der Waals surface area contributed by atoms with Crippen molar-refractivity contribution in [3.8, 4) is 0 Å². The van der Waals surface area contributed by atoms with Gasteiger partial charge in [0.05, 0.1) is 11.9 Å². The molecule has 31 heavy (non-hydrogen) atoms. The first kappa shape index (κ1) is 21.0. The second-order valence-electron chi connectivity index (χ2n) is 7.45. The highest BCUT2D eigenvalue weighted by Gasteiger charge is 2.38. The number of carbonyl (C=O) groups is 1. The molecule has 0 spiro atoms. The molecule has 1 amide bonds. The molecule has 0 unspecified atom stereocenters. The summed E-state index contributed by atoms with van der Waals surface area (Å²) in [6, 6.07) is 1.04. The number of rotatable bonds is 4. The van der Waals surface area contributed by atoms with E-state index >= 15 is 0 Å². The summed E-state index contributed by atoms with van der Waals surface area (Å²) >= 11 is 0. The van der Waals surface area contributed by atoms with Gasteiger partial charge in [0.1, 0.15) is 11.4 Å². The number of alkyl halides is 5. The molecule has 3 aromatic rings. The third-order valence-corrected chi connectivity index (χ3v) is 4.95. The number of nitrogens with one attached hydrogen (secondary N) is 2. The van der Waals surface area contributed by atoms with Crippen LogP contribution in [-0.2, 0) is 13.2 Å². The van der Waals surface area contributed by atoms with E-state index in [9.17, 15) is 26.7 Å². The molecule has 8 nitrogen and oxygen atoms in total. The molecule has 1 aliphatic carbocycles. The molecule has 0 saturated heterocycles. The summed E-state index contributed by atoms with van der Waals surface area (Å²) in [5.41, 5.74) is -1.73. The van der Waals surface area contributed by atoms with Crippen LogP contribution in [0.2, 0.25) is 0 Å². The van der Waals surface area contributed by atoms with Gasteiger partial charge in [-0.05, 0) is 18.9 Å². The third-order valence-electron chi connectivity index (χ3n) is 4.95. The summed E-state index contributed by atoms with van der Waals surface area (Å²) in [4.78, 5) is 16.9. The number of aryl methyl sites for hydroxylation is 1. The molecule has 3 heterocycles. The molecule has 13 heteroatoms. The van der Waals surface area contributed by atoms with Crippen LogP contribution in [0.1, 0.15) is 41.7 Å². The minimum absolute atomic E-state index is 0.0718. The van der Waals surface area contributed by atoms with Crippen molar-refractivity contribution in [2.45, 2.75) is 43.8 Å². The molecule has 1 fully saturated rings. The van der Waals surface area contributed by atoms with E-state index < -0.39 is 35.4 Å². The van der Waals surface area contributed by atoms with E-state index in [0.717, 1.165) is 10.9 Å². The van der Waals surface area contributed by atoms with E-state index in [0.29, 0.717) is 12.8 Å². The van der Waals surface area contributed by atoms with Gasteiger partial charge in [-0.25, -0.2) is 18.3 Å². The molecule has 0 bridgehead atoms. The fraction of sp³-hybridized carbons (Fsp3) is 0.444. The largest absolute Gasteiger partial charge is 0.437 e. The predicted molar refractivity (Wildman–Crippen MR) is 100.0 cm³/mol. The average Bonchev–Trinajstić information content (AvgIpc) is 3.23. The Morgan fingerprint density at radius 1 is 1.32 bits per heavy atom. The van der Waals surface area contributed by atoms with Gasteiger partial charge in [0.15, 0.2) is 11.3 Å². The Morgan fingerprint density at radius 2 is 2.10 bits per heavy atom. The zero-order chi connectivity index (χ0) is 22.4. The molecule has 1 aliphatic rings. The highest BCUT2D eigenvalue weighted by molar-refractivity contribution is 6.08. The van der Waals surface area contributed by atoms with Crippen LogP contribution in [0.25, 0.3) is 5.65 Å². The van der Waals surface area contributed by atoms with Crippen LogP contribution < -0.4 is 10.6 Å². The standard InChI is InChI=1S/C18H18F5N7O/c1-29-9-12(14(28-29)18(21,22)23)26-16(31)11-8-24-30-6-4-13(27-15(11)30)25-10-3-2-5-17(19,20)7-10/h4,6,8-10H,2-3,5,7H2,1H3,(H,25,27)(H,26,31)/t10-/m1/s1. The second-order valence-corrected chi connectivity index (χ2v) is 7.45. The van der Waals surface area contributed by atoms with Crippen molar-refractivity contribution in [1.82, 2.24) is 24.4 Å². The van der Waals surface area contributed by atoms with Crippen LogP contribution in [0.3, 0.4) is 0 Å². The van der Waals surface area contributed by atoms with Gasteiger partial charge < -0.3 is 10.6 Å². The molecule has 0 aliphatic heterocycles. The highest BCUT2D eigenvalue weighted by Crippen LogP contribution is 2.35. The average molecular weight is 443 g/mol. The normalized spacial score (nSPS) is 18.8. The number of aromatic nitrogens is 5. The van der Waals surface area contributed by atoms with Gasteiger partial charge in [-0.15, -0.1) is 0 Å². The number of halogens is 5. The maximum absolute atomic E-state index is 13.6. The first-order chi connectivity index (χ1) is 14.5. The molecule has 0 radical (unpaired) electrons. The number of amides is 1. The van der Waals surface area contributed by atoms with E-state index in [2.05, 4.69) is 25.8 Å². The van der Waals surface area contributed by atoms with Gasteiger partial charge >= 0.3 is 6.18 Å². The summed E-state index contributed by atoms with van der Waals surface area (Å²) in [7, 11) is 1.30. The SMILES string of the molecule is Cn1cc(NC(=O)c2cnn3ccc(N[C@@H]4CCCC(F)(F)C4)nc23)c(C(F)(F)F)n1. The van der Waals surface area contributed by atoms with Crippen molar-refractivity contribution in [1.29, 1.82) is 0 Å². The van der Waals surface area contributed by atoms with Crippen molar-refractivity contribution in [3.05, 3.63) is 35.9 Å².